The first-order valence-electron chi connectivity index (χ1n) is 5.10. The van der Waals surface area contributed by atoms with E-state index < -0.39 is 11.6 Å². The molecule has 0 aliphatic heterocycles. The molecule has 1 aromatic carbocycles. The fourth-order valence-electron chi connectivity index (χ4n) is 1.45. The minimum Gasteiger partial charge on any atom is -0.339 e. The lowest BCUT2D eigenvalue weighted by Crippen LogP contribution is -2.39. The van der Waals surface area contributed by atoms with Gasteiger partial charge >= 0.3 is 0 Å². The Morgan fingerprint density at radius 2 is 2.06 bits per heavy atom. The van der Waals surface area contributed by atoms with Gasteiger partial charge < -0.3 is 4.90 Å². The van der Waals surface area contributed by atoms with Crippen molar-refractivity contribution in [1.82, 2.24) is 4.90 Å². The van der Waals surface area contributed by atoms with Gasteiger partial charge in [0, 0.05) is 18.1 Å². The number of carbonyl (C=O) groups is 1. The zero-order valence-corrected chi connectivity index (χ0v) is 11.5. The summed E-state index contributed by atoms with van der Waals surface area (Å²) >= 11 is 3.26. The first-order chi connectivity index (χ1) is 7.71. The fraction of sp³-hybridized carbons (Fsp3) is 0.417. The fourth-order valence-corrected chi connectivity index (χ4v) is 1.82. The predicted octanol–water partition coefficient (Wildman–Crippen LogP) is 3.29. The quantitative estimate of drug-likeness (QED) is 0.839. The van der Waals surface area contributed by atoms with Crippen molar-refractivity contribution < 1.29 is 13.6 Å². The first-order valence-corrected chi connectivity index (χ1v) is 5.89. The van der Waals surface area contributed by atoms with Crippen LogP contribution in [0.3, 0.4) is 0 Å². The van der Waals surface area contributed by atoms with Crippen LogP contribution in [-0.4, -0.2) is 23.5 Å². The van der Waals surface area contributed by atoms with E-state index in [1.807, 2.05) is 0 Å². The molecule has 0 aliphatic rings. The van der Waals surface area contributed by atoms with Crippen LogP contribution in [0, 0.1) is 5.82 Å². The van der Waals surface area contributed by atoms with Gasteiger partial charge in [0.25, 0.3) is 5.91 Å². The van der Waals surface area contributed by atoms with E-state index in [9.17, 15) is 13.6 Å². The average molecular weight is 306 g/mol. The topological polar surface area (TPSA) is 20.3 Å². The highest BCUT2D eigenvalue weighted by molar-refractivity contribution is 9.10. The number of carbonyl (C=O) groups excluding carboxylic acids is 1. The maximum atomic E-state index is 13.4. The average Bonchev–Trinajstić information content (AvgIpc) is 2.21. The molecule has 94 valence electrons. The molecule has 0 saturated carbocycles. The summed E-state index contributed by atoms with van der Waals surface area (Å²) in [5, 5.41) is 0. The number of rotatable bonds is 3. The molecule has 0 heterocycles. The lowest BCUT2D eigenvalue weighted by molar-refractivity contribution is -0.141. The Bertz CT molecular complexity index is 429. The summed E-state index contributed by atoms with van der Waals surface area (Å²) in [6.07, 6.45) is 0. The van der Waals surface area contributed by atoms with Gasteiger partial charge in [-0.25, -0.2) is 8.78 Å². The van der Waals surface area contributed by atoms with Crippen molar-refractivity contribution in [1.29, 1.82) is 0 Å². The van der Waals surface area contributed by atoms with Crippen LogP contribution in [0.1, 0.15) is 19.4 Å². The highest BCUT2D eigenvalue weighted by atomic mass is 79.9. The van der Waals surface area contributed by atoms with Crippen molar-refractivity contribution in [3.8, 4) is 0 Å². The largest absolute Gasteiger partial charge is 0.339 e. The SMILES string of the molecule is CN(Cc1cc(F)ccc1Br)C(=O)C(C)(C)F. The van der Waals surface area contributed by atoms with Crippen molar-refractivity contribution in [3.05, 3.63) is 34.1 Å². The zero-order chi connectivity index (χ0) is 13.2. The van der Waals surface area contributed by atoms with Crippen molar-refractivity contribution >= 4 is 21.8 Å². The molecule has 0 aliphatic carbocycles. The number of alkyl halides is 1. The summed E-state index contributed by atoms with van der Waals surface area (Å²) in [7, 11) is 1.49. The van der Waals surface area contributed by atoms with Crippen LogP contribution >= 0.6 is 15.9 Å². The molecule has 17 heavy (non-hydrogen) atoms. The van der Waals surface area contributed by atoms with Crippen LogP contribution in [0.15, 0.2) is 22.7 Å². The Morgan fingerprint density at radius 3 is 2.59 bits per heavy atom. The van der Waals surface area contributed by atoms with Crippen molar-refractivity contribution in [3.63, 3.8) is 0 Å². The second kappa shape index (κ2) is 5.12. The van der Waals surface area contributed by atoms with Crippen LogP contribution in [-0.2, 0) is 11.3 Å². The highest BCUT2D eigenvalue weighted by Crippen LogP contribution is 2.21. The molecular weight excluding hydrogens is 292 g/mol. The van der Waals surface area contributed by atoms with E-state index in [2.05, 4.69) is 15.9 Å². The molecule has 0 saturated heterocycles. The zero-order valence-electron chi connectivity index (χ0n) is 9.93. The molecule has 0 atom stereocenters. The van der Waals surface area contributed by atoms with Gasteiger partial charge in [0.1, 0.15) is 5.82 Å². The molecule has 0 unspecified atom stereocenters. The Morgan fingerprint density at radius 1 is 1.47 bits per heavy atom. The molecule has 5 heteroatoms. The first kappa shape index (κ1) is 14.1. The van der Waals surface area contributed by atoms with E-state index in [-0.39, 0.29) is 12.4 Å². The predicted molar refractivity (Wildman–Crippen MR) is 65.8 cm³/mol. The Labute approximate surface area is 108 Å². The Kier molecular flexibility index (Phi) is 4.25. The van der Waals surface area contributed by atoms with Gasteiger partial charge in [0.2, 0.25) is 0 Å². The van der Waals surface area contributed by atoms with Crippen molar-refractivity contribution in [2.24, 2.45) is 0 Å². The third kappa shape index (κ3) is 3.77. The van der Waals surface area contributed by atoms with E-state index in [0.717, 1.165) is 0 Å². The minimum absolute atomic E-state index is 0.157. The molecule has 0 fully saturated rings. The third-order valence-electron chi connectivity index (χ3n) is 2.27. The number of hydrogen-bond acceptors (Lipinski definition) is 1. The minimum atomic E-state index is -1.92. The molecule has 0 spiro atoms. The van der Waals surface area contributed by atoms with E-state index in [1.54, 1.807) is 6.07 Å². The van der Waals surface area contributed by atoms with Crippen LogP contribution in [0.4, 0.5) is 8.78 Å². The lowest BCUT2D eigenvalue weighted by atomic mass is 10.1. The highest BCUT2D eigenvalue weighted by Gasteiger charge is 2.29. The second-order valence-electron chi connectivity index (χ2n) is 4.37. The smallest absolute Gasteiger partial charge is 0.259 e. The van der Waals surface area contributed by atoms with E-state index in [0.29, 0.717) is 10.0 Å². The van der Waals surface area contributed by atoms with Gasteiger partial charge in [-0.3, -0.25) is 4.79 Å². The molecule has 1 amide bonds. The molecule has 1 aromatic rings. The Hall–Kier alpha value is -0.970. The van der Waals surface area contributed by atoms with Crippen molar-refractivity contribution in [2.75, 3.05) is 7.05 Å². The molecule has 0 aromatic heterocycles. The molecule has 0 bridgehead atoms. The van der Waals surface area contributed by atoms with E-state index >= 15 is 0 Å². The van der Waals surface area contributed by atoms with Gasteiger partial charge in [0.05, 0.1) is 0 Å². The Balaban J connectivity index is 2.85. The van der Waals surface area contributed by atoms with E-state index in [4.69, 9.17) is 0 Å². The number of amides is 1. The molecule has 2 nitrogen and oxygen atoms in total. The van der Waals surface area contributed by atoms with Gasteiger partial charge in [-0.2, -0.15) is 0 Å². The summed E-state index contributed by atoms with van der Waals surface area (Å²) in [5.74, 6) is -1.02. The van der Waals surface area contributed by atoms with Crippen LogP contribution < -0.4 is 0 Å². The summed E-state index contributed by atoms with van der Waals surface area (Å²) in [5.41, 5.74) is -1.32. The van der Waals surface area contributed by atoms with Gasteiger partial charge in [0.15, 0.2) is 5.67 Å². The normalized spacial score (nSPS) is 11.4. The van der Waals surface area contributed by atoms with Gasteiger partial charge in [-0.05, 0) is 37.6 Å². The van der Waals surface area contributed by atoms with Crippen LogP contribution in [0.25, 0.3) is 0 Å². The van der Waals surface area contributed by atoms with Gasteiger partial charge in [-0.1, -0.05) is 15.9 Å². The molecular formula is C12H14BrF2NO. The van der Waals surface area contributed by atoms with E-state index in [1.165, 1.54) is 37.9 Å². The summed E-state index contributed by atoms with van der Waals surface area (Å²) in [4.78, 5) is 12.8. The second-order valence-corrected chi connectivity index (χ2v) is 5.22. The number of hydrogen-bond donors (Lipinski definition) is 0. The maximum Gasteiger partial charge on any atom is 0.259 e. The van der Waals surface area contributed by atoms with Crippen molar-refractivity contribution in [2.45, 2.75) is 26.1 Å². The number of nitrogens with zero attached hydrogens (tertiary/aromatic N) is 1. The maximum absolute atomic E-state index is 13.4. The monoisotopic (exact) mass is 305 g/mol. The number of halogens is 3. The molecule has 0 radical (unpaired) electrons. The molecule has 1 rings (SSSR count). The van der Waals surface area contributed by atoms with Crippen LogP contribution in [0.2, 0.25) is 0 Å². The number of benzene rings is 1. The lowest BCUT2D eigenvalue weighted by Gasteiger charge is -2.23. The standard InChI is InChI=1S/C12H14BrF2NO/c1-12(2,15)11(17)16(3)7-8-6-9(14)4-5-10(8)13/h4-6H,7H2,1-3H3. The third-order valence-corrected chi connectivity index (χ3v) is 3.04. The van der Waals surface area contributed by atoms with Gasteiger partial charge in [-0.15, -0.1) is 0 Å². The summed E-state index contributed by atoms with van der Waals surface area (Å²) in [6.45, 7) is 2.56. The summed E-state index contributed by atoms with van der Waals surface area (Å²) in [6, 6.07) is 4.19. The van der Waals surface area contributed by atoms with Crippen LogP contribution in [0.5, 0.6) is 0 Å². The molecule has 0 N–H and O–H groups in total. The summed E-state index contributed by atoms with van der Waals surface area (Å²) < 4.78 is 27.2.